The molecule has 6 heteroatoms. The monoisotopic (exact) mass is 801 g/mol. The topological polar surface area (TPSA) is 78.9 Å². The lowest BCUT2D eigenvalue weighted by Gasteiger charge is -2.18. The standard InChI is InChI=1S/C52H80O6/c1-4-7-10-13-16-19-22-24-25-26-28-30-33-36-39-42-45-51(54)57-48-49(47-56-50(53)44-41-38-35-32-29-21-18-15-12-9-6-3)58-52(55)46-43-40-37-34-31-27-23-20-17-14-11-8-5-2/h7-8,10-11,14,16-17,19-20,23-25,27-28,30-31,34,36-37,39,49H,4-6,9,12-13,15,18,21-22,26,29,32-33,35,38,40-48H2,1-3H3/b10-7-,11-8-,17-14-,19-16-,23-20-,25-24-,30-28-,31-27-,37-34-,39-36-. The highest BCUT2D eigenvalue weighted by molar-refractivity contribution is 5.71. The van der Waals surface area contributed by atoms with Crippen LogP contribution in [0.3, 0.4) is 0 Å². The molecule has 0 amide bonds. The van der Waals surface area contributed by atoms with Crippen molar-refractivity contribution in [1.29, 1.82) is 0 Å². The van der Waals surface area contributed by atoms with Gasteiger partial charge in [-0.25, -0.2) is 0 Å². The summed E-state index contributed by atoms with van der Waals surface area (Å²) in [6.45, 7) is 6.20. The number of hydrogen-bond acceptors (Lipinski definition) is 6. The van der Waals surface area contributed by atoms with Crippen LogP contribution in [0.4, 0.5) is 0 Å². The third-order valence-electron chi connectivity index (χ3n) is 8.85. The molecule has 0 aliphatic carbocycles. The minimum absolute atomic E-state index is 0.132. The third kappa shape index (κ3) is 42.9. The van der Waals surface area contributed by atoms with Gasteiger partial charge in [0.25, 0.3) is 0 Å². The van der Waals surface area contributed by atoms with Crippen LogP contribution >= 0.6 is 0 Å². The summed E-state index contributed by atoms with van der Waals surface area (Å²) < 4.78 is 16.6. The zero-order valence-electron chi connectivity index (χ0n) is 36.8. The van der Waals surface area contributed by atoms with E-state index in [1.807, 2.05) is 66.8 Å². The molecule has 0 aromatic heterocycles. The number of allylic oxidation sites excluding steroid dienone is 20. The van der Waals surface area contributed by atoms with E-state index >= 15 is 0 Å². The zero-order chi connectivity index (χ0) is 42.3. The predicted molar refractivity (Wildman–Crippen MR) is 246 cm³/mol. The van der Waals surface area contributed by atoms with Gasteiger partial charge in [-0.3, -0.25) is 14.4 Å². The Morgan fingerprint density at radius 3 is 1.31 bits per heavy atom. The van der Waals surface area contributed by atoms with Crippen molar-refractivity contribution >= 4 is 17.9 Å². The molecule has 0 bridgehead atoms. The van der Waals surface area contributed by atoms with Gasteiger partial charge in [0.05, 0.1) is 0 Å². The van der Waals surface area contributed by atoms with Crippen LogP contribution in [-0.4, -0.2) is 37.2 Å². The minimum Gasteiger partial charge on any atom is -0.462 e. The van der Waals surface area contributed by atoms with Crippen molar-refractivity contribution in [1.82, 2.24) is 0 Å². The molecule has 0 aliphatic rings. The fourth-order valence-electron chi connectivity index (χ4n) is 5.52. The smallest absolute Gasteiger partial charge is 0.306 e. The van der Waals surface area contributed by atoms with E-state index in [0.29, 0.717) is 25.7 Å². The number of carbonyl (C=O) groups is 3. The first-order valence-electron chi connectivity index (χ1n) is 22.6. The molecule has 0 spiro atoms. The first-order chi connectivity index (χ1) is 28.5. The van der Waals surface area contributed by atoms with Gasteiger partial charge in [0, 0.05) is 19.3 Å². The Hall–Kier alpha value is -4.19. The second-order valence-corrected chi connectivity index (χ2v) is 14.3. The van der Waals surface area contributed by atoms with Crippen molar-refractivity contribution in [3.63, 3.8) is 0 Å². The van der Waals surface area contributed by atoms with Gasteiger partial charge in [0.1, 0.15) is 13.2 Å². The summed E-state index contributed by atoms with van der Waals surface area (Å²) in [6.07, 6.45) is 62.0. The first-order valence-corrected chi connectivity index (χ1v) is 22.6. The van der Waals surface area contributed by atoms with E-state index in [9.17, 15) is 14.4 Å². The maximum Gasteiger partial charge on any atom is 0.306 e. The number of unbranched alkanes of at least 4 members (excludes halogenated alkanes) is 11. The molecule has 0 heterocycles. The molecule has 0 aromatic carbocycles. The molecule has 1 atom stereocenters. The number of ether oxygens (including phenoxy) is 3. The molecular formula is C52H80O6. The van der Waals surface area contributed by atoms with E-state index in [4.69, 9.17) is 14.2 Å². The second kappa shape index (κ2) is 45.5. The van der Waals surface area contributed by atoms with Gasteiger partial charge in [0.2, 0.25) is 0 Å². The Kier molecular flexibility index (Phi) is 42.2. The summed E-state index contributed by atoms with van der Waals surface area (Å²) in [5.74, 6) is -1.11. The first kappa shape index (κ1) is 53.8. The van der Waals surface area contributed by atoms with Gasteiger partial charge < -0.3 is 14.2 Å². The average Bonchev–Trinajstić information content (AvgIpc) is 3.22. The lowest BCUT2D eigenvalue weighted by molar-refractivity contribution is -0.166. The minimum atomic E-state index is -0.844. The maximum atomic E-state index is 12.7. The summed E-state index contributed by atoms with van der Waals surface area (Å²) in [5, 5.41) is 0. The van der Waals surface area contributed by atoms with Crippen molar-refractivity contribution in [2.75, 3.05) is 13.2 Å². The van der Waals surface area contributed by atoms with Gasteiger partial charge in [0.15, 0.2) is 6.10 Å². The van der Waals surface area contributed by atoms with Crippen molar-refractivity contribution in [2.24, 2.45) is 0 Å². The summed E-state index contributed by atoms with van der Waals surface area (Å²) in [5.41, 5.74) is 0. The molecule has 6 nitrogen and oxygen atoms in total. The van der Waals surface area contributed by atoms with Crippen molar-refractivity contribution in [3.8, 4) is 0 Å². The number of esters is 3. The summed E-state index contributed by atoms with van der Waals surface area (Å²) in [7, 11) is 0. The molecule has 0 fully saturated rings. The van der Waals surface area contributed by atoms with Crippen molar-refractivity contribution in [2.45, 2.75) is 175 Å². The van der Waals surface area contributed by atoms with Crippen LogP contribution in [0.2, 0.25) is 0 Å². The van der Waals surface area contributed by atoms with E-state index in [0.717, 1.165) is 57.8 Å². The van der Waals surface area contributed by atoms with Crippen LogP contribution in [0.1, 0.15) is 168 Å². The summed E-state index contributed by atoms with van der Waals surface area (Å²) in [4.78, 5) is 37.7. The van der Waals surface area contributed by atoms with Crippen LogP contribution in [0.15, 0.2) is 122 Å². The molecule has 0 aliphatic heterocycles. The quantitative estimate of drug-likeness (QED) is 0.0203. The van der Waals surface area contributed by atoms with E-state index < -0.39 is 12.1 Å². The van der Waals surface area contributed by atoms with E-state index in [1.165, 1.54) is 51.4 Å². The van der Waals surface area contributed by atoms with Crippen molar-refractivity contribution < 1.29 is 28.6 Å². The van der Waals surface area contributed by atoms with E-state index in [-0.39, 0.29) is 38.0 Å². The lowest BCUT2D eigenvalue weighted by Crippen LogP contribution is -2.30. The number of rotatable bonds is 38. The Morgan fingerprint density at radius 1 is 0.379 bits per heavy atom. The summed E-state index contributed by atoms with van der Waals surface area (Å²) in [6, 6.07) is 0. The Balaban J connectivity index is 4.63. The molecule has 0 N–H and O–H groups in total. The molecule has 0 saturated carbocycles. The third-order valence-corrected chi connectivity index (χ3v) is 8.85. The average molecular weight is 801 g/mol. The van der Waals surface area contributed by atoms with Gasteiger partial charge >= 0.3 is 17.9 Å². The molecule has 0 rings (SSSR count). The van der Waals surface area contributed by atoms with Crippen LogP contribution in [0.5, 0.6) is 0 Å². The fraction of sp³-hybridized carbons (Fsp3) is 0.558. The van der Waals surface area contributed by atoms with Crippen molar-refractivity contribution in [3.05, 3.63) is 122 Å². The van der Waals surface area contributed by atoms with Gasteiger partial charge in [-0.2, -0.15) is 0 Å². The SMILES string of the molecule is CC\C=C/C=C\C=C/C=C\C=C/CCCC(=O)OC(COC(=O)CC/C=C\C/C=C\C/C=C\C/C=C\C/C=C\CC)COC(=O)CCCCCCCCCCCCC. The second-order valence-electron chi connectivity index (χ2n) is 14.3. The van der Waals surface area contributed by atoms with E-state index in [1.54, 1.807) is 0 Å². The predicted octanol–water partition coefficient (Wildman–Crippen LogP) is 14.6. The highest BCUT2D eigenvalue weighted by Crippen LogP contribution is 2.13. The fourth-order valence-corrected chi connectivity index (χ4v) is 5.52. The van der Waals surface area contributed by atoms with Crippen LogP contribution in [0.25, 0.3) is 0 Å². The van der Waals surface area contributed by atoms with Gasteiger partial charge in [-0.05, 0) is 64.2 Å². The normalized spacial score (nSPS) is 13.2. The number of carbonyl (C=O) groups excluding carboxylic acids is 3. The van der Waals surface area contributed by atoms with Gasteiger partial charge in [-0.1, -0.05) is 206 Å². The lowest BCUT2D eigenvalue weighted by atomic mass is 10.1. The van der Waals surface area contributed by atoms with Crippen LogP contribution in [-0.2, 0) is 28.6 Å². The molecule has 0 radical (unpaired) electrons. The Morgan fingerprint density at radius 2 is 0.793 bits per heavy atom. The molecule has 0 aromatic rings. The molecule has 0 saturated heterocycles. The largest absolute Gasteiger partial charge is 0.462 e. The Bertz CT molecular complexity index is 1290. The summed E-state index contributed by atoms with van der Waals surface area (Å²) >= 11 is 0. The zero-order valence-corrected chi connectivity index (χ0v) is 36.8. The Labute approximate surface area is 354 Å². The van der Waals surface area contributed by atoms with Crippen LogP contribution < -0.4 is 0 Å². The van der Waals surface area contributed by atoms with E-state index in [2.05, 4.69) is 75.5 Å². The van der Waals surface area contributed by atoms with Crippen LogP contribution in [0, 0.1) is 0 Å². The molecular weight excluding hydrogens is 721 g/mol. The van der Waals surface area contributed by atoms with Gasteiger partial charge in [-0.15, -0.1) is 0 Å². The highest BCUT2D eigenvalue weighted by Gasteiger charge is 2.19. The number of hydrogen-bond donors (Lipinski definition) is 0. The molecule has 1 unspecified atom stereocenters. The molecule has 58 heavy (non-hydrogen) atoms. The maximum absolute atomic E-state index is 12.7. The highest BCUT2D eigenvalue weighted by atomic mass is 16.6. The molecule has 324 valence electrons.